The Bertz CT molecular complexity index is 719. The van der Waals surface area contributed by atoms with Crippen molar-refractivity contribution in [1.82, 2.24) is 5.32 Å². The topological polar surface area (TPSA) is 66.5 Å². The van der Waals surface area contributed by atoms with Crippen LogP contribution >= 0.6 is 35.0 Å². The molecule has 0 bridgehead atoms. The van der Waals surface area contributed by atoms with Crippen LogP contribution in [0.1, 0.15) is 27.7 Å². The van der Waals surface area contributed by atoms with Crippen LogP contribution in [0.4, 0.5) is 5.69 Å². The van der Waals surface area contributed by atoms with E-state index in [4.69, 9.17) is 23.2 Å². The highest BCUT2D eigenvalue weighted by atomic mass is 35.5. The number of rotatable bonds is 7. The van der Waals surface area contributed by atoms with Crippen LogP contribution in [0.2, 0.25) is 10.0 Å². The number of anilines is 1. The summed E-state index contributed by atoms with van der Waals surface area (Å²) in [5.41, 5.74) is 0.184. The molecule has 1 aromatic rings. The lowest BCUT2D eigenvalue weighted by Crippen LogP contribution is -2.48. The molecule has 0 aliphatic carbocycles. The Morgan fingerprint density at radius 3 is 2.44 bits per heavy atom. The molecule has 0 aliphatic heterocycles. The molecule has 0 spiro atoms. The minimum Gasteiger partial charge on any atom is -0.353 e. The first-order chi connectivity index (χ1) is 11.3. The number of nitrogens with one attached hydrogen (secondary N) is 1. The lowest BCUT2D eigenvalue weighted by Gasteiger charge is -2.29. The van der Waals surface area contributed by atoms with Gasteiger partial charge in [0.15, 0.2) is 0 Å². The molecule has 0 unspecified atom stereocenters. The normalized spacial score (nSPS) is 13.4. The van der Waals surface area contributed by atoms with Gasteiger partial charge in [0.05, 0.1) is 17.0 Å². The predicted molar refractivity (Wildman–Crippen MR) is 108 cm³/mol. The van der Waals surface area contributed by atoms with Crippen molar-refractivity contribution >= 4 is 56.6 Å². The fraction of sp³-hybridized carbons (Fsp3) is 0.562. The van der Waals surface area contributed by atoms with Gasteiger partial charge in [-0.1, -0.05) is 44.0 Å². The van der Waals surface area contributed by atoms with Crippen LogP contribution in [0.15, 0.2) is 18.2 Å². The minimum atomic E-state index is -3.73. The average Bonchev–Trinajstić information content (AvgIpc) is 2.44. The van der Waals surface area contributed by atoms with Crippen LogP contribution in [-0.2, 0) is 14.8 Å². The summed E-state index contributed by atoms with van der Waals surface area (Å²) >= 11 is 13.8. The number of hydrogen-bond donors (Lipinski definition) is 1. The van der Waals surface area contributed by atoms with Gasteiger partial charge in [0.25, 0.3) is 0 Å². The van der Waals surface area contributed by atoms with E-state index in [1.165, 1.54) is 19.1 Å². The van der Waals surface area contributed by atoms with Crippen molar-refractivity contribution in [2.45, 2.75) is 38.5 Å². The summed E-state index contributed by atoms with van der Waals surface area (Å²) in [4.78, 5) is 12.4. The molecule has 1 rings (SSSR count). The molecule has 142 valence electrons. The first-order valence-electron chi connectivity index (χ1n) is 7.69. The highest BCUT2D eigenvalue weighted by molar-refractivity contribution is 8.00. The van der Waals surface area contributed by atoms with Gasteiger partial charge in [0, 0.05) is 22.1 Å². The molecule has 0 heterocycles. The molecule has 0 saturated heterocycles. The van der Waals surface area contributed by atoms with E-state index in [1.54, 1.807) is 17.8 Å². The standard InChI is InChI=1S/C16H24Cl2N2O3S2/c1-11(15(21)19-8-9-24-16(2,3)4)20(25(5,22)23)14-10-12(17)6-7-13(14)18/h6-7,10-11H,8-9H2,1-5H3,(H,19,21)/t11-/m0/s1. The zero-order valence-electron chi connectivity index (χ0n) is 15.0. The van der Waals surface area contributed by atoms with Crippen LogP contribution in [0.3, 0.4) is 0 Å². The minimum absolute atomic E-state index is 0.101. The molecular weight excluding hydrogens is 403 g/mol. The van der Waals surface area contributed by atoms with Gasteiger partial charge in [-0.05, 0) is 25.1 Å². The Hall–Kier alpha value is -0.630. The maximum atomic E-state index is 12.4. The van der Waals surface area contributed by atoms with Crippen molar-refractivity contribution in [1.29, 1.82) is 0 Å². The number of hydrogen-bond acceptors (Lipinski definition) is 4. The van der Waals surface area contributed by atoms with Crippen molar-refractivity contribution in [2.24, 2.45) is 0 Å². The number of thioether (sulfide) groups is 1. The number of carbonyl (C=O) groups excluding carboxylic acids is 1. The Morgan fingerprint density at radius 2 is 1.92 bits per heavy atom. The van der Waals surface area contributed by atoms with E-state index in [0.29, 0.717) is 11.6 Å². The second-order valence-electron chi connectivity index (χ2n) is 6.58. The second kappa shape index (κ2) is 8.84. The van der Waals surface area contributed by atoms with Crippen LogP contribution in [0.5, 0.6) is 0 Å². The summed E-state index contributed by atoms with van der Waals surface area (Å²) in [6.45, 7) is 8.24. The lowest BCUT2D eigenvalue weighted by atomic mass is 10.2. The van der Waals surface area contributed by atoms with Crippen molar-refractivity contribution < 1.29 is 13.2 Å². The number of nitrogens with zero attached hydrogens (tertiary/aromatic N) is 1. The van der Waals surface area contributed by atoms with Crippen LogP contribution < -0.4 is 9.62 Å². The van der Waals surface area contributed by atoms with Gasteiger partial charge in [0.1, 0.15) is 6.04 Å². The Labute approximate surface area is 164 Å². The second-order valence-corrected chi connectivity index (χ2v) is 11.2. The predicted octanol–water partition coefficient (Wildman–Crippen LogP) is 3.80. The van der Waals surface area contributed by atoms with Gasteiger partial charge in [-0.2, -0.15) is 11.8 Å². The third-order valence-corrected chi connectivity index (χ3v) is 6.23. The number of sulfonamides is 1. The fourth-order valence-corrected chi connectivity index (χ4v) is 4.53. The van der Waals surface area contributed by atoms with Gasteiger partial charge in [-0.25, -0.2) is 8.42 Å². The molecule has 1 N–H and O–H groups in total. The smallest absolute Gasteiger partial charge is 0.243 e. The van der Waals surface area contributed by atoms with Gasteiger partial charge in [-0.15, -0.1) is 0 Å². The SMILES string of the molecule is C[C@@H](C(=O)NCCSC(C)(C)C)N(c1cc(Cl)ccc1Cl)S(C)(=O)=O. The van der Waals surface area contributed by atoms with E-state index in [9.17, 15) is 13.2 Å². The van der Waals surface area contributed by atoms with E-state index in [2.05, 4.69) is 26.1 Å². The first kappa shape index (κ1) is 22.4. The van der Waals surface area contributed by atoms with Crippen molar-refractivity contribution in [3.8, 4) is 0 Å². The first-order valence-corrected chi connectivity index (χ1v) is 11.3. The number of carbonyl (C=O) groups is 1. The third-order valence-electron chi connectivity index (χ3n) is 3.17. The number of benzene rings is 1. The molecule has 0 aromatic heterocycles. The quantitative estimate of drug-likeness (QED) is 0.673. The molecule has 0 fully saturated rings. The fourth-order valence-electron chi connectivity index (χ4n) is 2.11. The molecule has 0 aliphatic rings. The van der Waals surface area contributed by atoms with Crippen LogP contribution in [0.25, 0.3) is 0 Å². The summed E-state index contributed by atoms with van der Waals surface area (Å²) in [7, 11) is -3.73. The van der Waals surface area contributed by atoms with Gasteiger partial charge in [0.2, 0.25) is 15.9 Å². The van der Waals surface area contributed by atoms with E-state index in [-0.39, 0.29) is 15.5 Å². The molecular formula is C16H24Cl2N2O3S2. The summed E-state index contributed by atoms with van der Waals surface area (Å²) in [5.74, 6) is 0.342. The zero-order chi connectivity index (χ0) is 19.4. The Kier molecular flexibility index (Phi) is 7.93. The summed E-state index contributed by atoms with van der Waals surface area (Å²) < 4.78 is 25.6. The van der Waals surface area contributed by atoms with E-state index < -0.39 is 22.0 Å². The van der Waals surface area contributed by atoms with Gasteiger partial charge in [-0.3, -0.25) is 9.10 Å². The summed E-state index contributed by atoms with van der Waals surface area (Å²) in [6, 6.07) is 3.54. The van der Waals surface area contributed by atoms with Crippen molar-refractivity contribution in [3.05, 3.63) is 28.2 Å². The maximum Gasteiger partial charge on any atom is 0.243 e. The van der Waals surface area contributed by atoms with E-state index >= 15 is 0 Å². The molecule has 9 heteroatoms. The Balaban J connectivity index is 2.93. The average molecular weight is 427 g/mol. The largest absolute Gasteiger partial charge is 0.353 e. The highest BCUT2D eigenvalue weighted by Crippen LogP contribution is 2.32. The molecule has 25 heavy (non-hydrogen) atoms. The van der Waals surface area contributed by atoms with Crippen LogP contribution in [-0.4, -0.2) is 43.7 Å². The van der Waals surface area contributed by atoms with Crippen molar-refractivity contribution in [2.75, 3.05) is 22.9 Å². The van der Waals surface area contributed by atoms with Gasteiger partial charge >= 0.3 is 0 Å². The number of halogens is 2. The third kappa shape index (κ3) is 7.25. The maximum absolute atomic E-state index is 12.4. The molecule has 1 atom stereocenters. The van der Waals surface area contributed by atoms with E-state index in [0.717, 1.165) is 16.3 Å². The monoisotopic (exact) mass is 426 g/mol. The van der Waals surface area contributed by atoms with E-state index in [1.807, 2.05) is 0 Å². The summed E-state index contributed by atoms with van der Waals surface area (Å²) in [5, 5.41) is 3.31. The Morgan fingerprint density at radius 1 is 1.32 bits per heavy atom. The molecule has 1 amide bonds. The lowest BCUT2D eigenvalue weighted by molar-refractivity contribution is -0.121. The van der Waals surface area contributed by atoms with Crippen molar-refractivity contribution in [3.63, 3.8) is 0 Å². The molecule has 0 radical (unpaired) electrons. The van der Waals surface area contributed by atoms with Gasteiger partial charge < -0.3 is 5.32 Å². The highest BCUT2D eigenvalue weighted by Gasteiger charge is 2.30. The molecule has 1 aromatic carbocycles. The van der Waals surface area contributed by atoms with Crippen LogP contribution in [0, 0.1) is 0 Å². The molecule has 5 nitrogen and oxygen atoms in total. The summed E-state index contributed by atoms with van der Waals surface area (Å²) in [6.07, 6.45) is 1.03. The number of amides is 1. The molecule has 0 saturated carbocycles. The zero-order valence-corrected chi connectivity index (χ0v) is 18.1.